The monoisotopic (exact) mass is 295 g/mol. The third-order valence-corrected chi connectivity index (χ3v) is 4.91. The Labute approximate surface area is 128 Å². The molecule has 1 N–H and O–H groups in total. The van der Waals surface area contributed by atoms with E-state index in [1.807, 2.05) is 13.8 Å². The molecule has 0 aromatic rings. The van der Waals surface area contributed by atoms with Gasteiger partial charge in [-0.2, -0.15) is 0 Å². The highest BCUT2D eigenvalue weighted by molar-refractivity contribution is 6.05. The predicted molar refractivity (Wildman–Crippen MR) is 82.9 cm³/mol. The van der Waals surface area contributed by atoms with Gasteiger partial charge in [-0.15, -0.1) is 0 Å². The first-order valence-electron chi connectivity index (χ1n) is 8.41. The van der Waals surface area contributed by atoms with Crippen LogP contribution in [0.4, 0.5) is 0 Å². The third kappa shape index (κ3) is 3.64. The van der Waals surface area contributed by atoms with Crippen molar-refractivity contribution < 1.29 is 9.59 Å². The zero-order valence-electron chi connectivity index (χ0n) is 13.6. The van der Waals surface area contributed by atoms with Crippen molar-refractivity contribution in [2.24, 2.45) is 0 Å². The fourth-order valence-electron chi connectivity index (χ4n) is 3.47. The van der Waals surface area contributed by atoms with E-state index in [0.717, 1.165) is 32.5 Å². The molecule has 2 fully saturated rings. The van der Waals surface area contributed by atoms with Crippen LogP contribution in [-0.2, 0) is 9.59 Å². The van der Waals surface area contributed by atoms with Gasteiger partial charge in [-0.25, -0.2) is 0 Å². The van der Waals surface area contributed by atoms with Crippen molar-refractivity contribution >= 4 is 11.8 Å². The molecule has 2 aliphatic heterocycles. The van der Waals surface area contributed by atoms with Gasteiger partial charge in [-0.05, 0) is 45.7 Å². The van der Waals surface area contributed by atoms with Crippen LogP contribution in [0.3, 0.4) is 0 Å². The van der Waals surface area contributed by atoms with Crippen LogP contribution in [0, 0.1) is 0 Å². The molecule has 21 heavy (non-hydrogen) atoms. The van der Waals surface area contributed by atoms with Gasteiger partial charge in [-0.3, -0.25) is 19.4 Å². The SMILES string of the molecule is CCC(CC)N1C(=O)CC(NCC(C)N2CCCC2)C1=O. The average Bonchev–Trinajstić information content (AvgIpc) is 3.09. The number of hydrogen-bond donors (Lipinski definition) is 1. The number of amides is 2. The Kier molecular flexibility index (Phi) is 5.76. The van der Waals surface area contributed by atoms with Gasteiger partial charge in [0.1, 0.15) is 0 Å². The summed E-state index contributed by atoms with van der Waals surface area (Å²) in [4.78, 5) is 28.5. The van der Waals surface area contributed by atoms with E-state index in [-0.39, 0.29) is 23.9 Å². The molecule has 0 radical (unpaired) electrons. The molecule has 5 nitrogen and oxygen atoms in total. The van der Waals surface area contributed by atoms with E-state index < -0.39 is 0 Å². The minimum atomic E-state index is -0.317. The lowest BCUT2D eigenvalue weighted by atomic mass is 10.1. The van der Waals surface area contributed by atoms with E-state index in [1.165, 1.54) is 17.7 Å². The summed E-state index contributed by atoms with van der Waals surface area (Å²) in [5.74, 6) is -0.0395. The molecule has 2 saturated heterocycles. The highest BCUT2D eigenvalue weighted by Gasteiger charge is 2.41. The second kappa shape index (κ2) is 7.36. The Morgan fingerprint density at radius 3 is 2.38 bits per heavy atom. The molecule has 0 bridgehead atoms. The van der Waals surface area contributed by atoms with Gasteiger partial charge in [0.15, 0.2) is 0 Å². The van der Waals surface area contributed by atoms with Crippen LogP contribution < -0.4 is 5.32 Å². The fraction of sp³-hybridized carbons (Fsp3) is 0.875. The molecule has 2 heterocycles. The van der Waals surface area contributed by atoms with E-state index in [4.69, 9.17) is 0 Å². The highest BCUT2D eigenvalue weighted by Crippen LogP contribution is 2.20. The summed E-state index contributed by atoms with van der Waals surface area (Å²) in [6.07, 6.45) is 4.54. The number of imide groups is 1. The minimum absolute atomic E-state index is 0.0139. The first kappa shape index (κ1) is 16.4. The summed E-state index contributed by atoms with van der Waals surface area (Å²) < 4.78 is 0. The number of likely N-dealkylation sites (tertiary alicyclic amines) is 2. The summed E-state index contributed by atoms with van der Waals surface area (Å²) >= 11 is 0. The molecule has 2 rings (SSSR count). The number of nitrogens with one attached hydrogen (secondary N) is 1. The molecule has 2 unspecified atom stereocenters. The third-order valence-electron chi connectivity index (χ3n) is 4.91. The molecular formula is C16H29N3O2. The van der Waals surface area contributed by atoms with Crippen LogP contribution in [0.1, 0.15) is 52.9 Å². The normalized spacial score (nSPS) is 25.3. The Balaban J connectivity index is 1.87. The first-order valence-corrected chi connectivity index (χ1v) is 8.41. The second-order valence-corrected chi connectivity index (χ2v) is 6.33. The largest absolute Gasteiger partial charge is 0.304 e. The topological polar surface area (TPSA) is 52.7 Å². The van der Waals surface area contributed by atoms with Crippen molar-refractivity contribution in [1.82, 2.24) is 15.1 Å². The molecule has 2 aliphatic rings. The van der Waals surface area contributed by atoms with Gasteiger partial charge in [0.2, 0.25) is 11.8 Å². The molecule has 0 aliphatic carbocycles. The summed E-state index contributed by atoms with van der Waals surface area (Å²) in [5.41, 5.74) is 0. The maximum Gasteiger partial charge on any atom is 0.247 e. The highest BCUT2D eigenvalue weighted by atomic mass is 16.2. The van der Waals surface area contributed by atoms with Crippen molar-refractivity contribution in [2.45, 2.75) is 71.0 Å². The number of rotatable bonds is 7. The number of hydrogen-bond acceptors (Lipinski definition) is 4. The number of carbonyl (C=O) groups excluding carboxylic acids is 2. The van der Waals surface area contributed by atoms with Crippen LogP contribution in [0.2, 0.25) is 0 Å². The second-order valence-electron chi connectivity index (χ2n) is 6.33. The molecular weight excluding hydrogens is 266 g/mol. The molecule has 2 atom stereocenters. The van der Waals surface area contributed by atoms with E-state index in [2.05, 4.69) is 17.1 Å². The lowest BCUT2D eigenvalue weighted by molar-refractivity contribution is -0.141. The van der Waals surface area contributed by atoms with Crippen molar-refractivity contribution in [3.8, 4) is 0 Å². The van der Waals surface area contributed by atoms with Crippen LogP contribution in [0.5, 0.6) is 0 Å². The molecule has 0 saturated carbocycles. The van der Waals surface area contributed by atoms with E-state index in [1.54, 1.807) is 0 Å². The predicted octanol–water partition coefficient (Wildman–Crippen LogP) is 1.38. The van der Waals surface area contributed by atoms with E-state index in [0.29, 0.717) is 12.5 Å². The van der Waals surface area contributed by atoms with Gasteiger partial charge in [0, 0.05) is 18.6 Å². The molecule has 0 aromatic carbocycles. The average molecular weight is 295 g/mol. The minimum Gasteiger partial charge on any atom is -0.304 e. The molecule has 2 amide bonds. The van der Waals surface area contributed by atoms with Crippen molar-refractivity contribution in [3.05, 3.63) is 0 Å². The molecule has 5 heteroatoms. The van der Waals surface area contributed by atoms with E-state index >= 15 is 0 Å². The van der Waals surface area contributed by atoms with Gasteiger partial charge in [0.05, 0.1) is 12.5 Å². The van der Waals surface area contributed by atoms with Crippen molar-refractivity contribution in [1.29, 1.82) is 0 Å². The van der Waals surface area contributed by atoms with Gasteiger partial charge in [0.25, 0.3) is 0 Å². The summed E-state index contributed by atoms with van der Waals surface area (Å²) in [6, 6.07) is 0.175. The van der Waals surface area contributed by atoms with Gasteiger partial charge < -0.3 is 5.32 Å². The van der Waals surface area contributed by atoms with Crippen LogP contribution in [0.15, 0.2) is 0 Å². The zero-order chi connectivity index (χ0) is 15.4. The first-order chi connectivity index (χ1) is 10.1. The quantitative estimate of drug-likeness (QED) is 0.721. The van der Waals surface area contributed by atoms with Crippen LogP contribution in [-0.4, -0.2) is 59.4 Å². The molecule has 0 aromatic heterocycles. The maximum atomic E-state index is 12.4. The smallest absolute Gasteiger partial charge is 0.247 e. The van der Waals surface area contributed by atoms with Crippen molar-refractivity contribution in [3.63, 3.8) is 0 Å². The Morgan fingerprint density at radius 2 is 1.81 bits per heavy atom. The molecule has 120 valence electrons. The summed E-state index contributed by atoms with van der Waals surface area (Å²) in [7, 11) is 0. The maximum absolute atomic E-state index is 12.4. The lowest BCUT2D eigenvalue weighted by Crippen LogP contribution is -2.47. The zero-order valence-corrected chi connectivity index (χ0v) is 13.6. The van der Waals surface area contributed by atoms with Crippen molar-refractivity contribution in [2.75, 3.05) is 19.6 Å². The van der Waals surface area contributed by atoms with Crippen LogP contribution >= 0.6 is 0 Å². The molecule has 0 spiro atoms. The van der Waals surface area contributed by atoms with E-state index in [9.17, 15) is 9.59 Å². The summed E-state index contributed by atoms with van der Waals surface area (Å²) in [5, 5.41) is 3.32. The Hall–Kier alpha value is -0.940. The van der Waals surface area contributed by atoms with Gasteiger partial charge >= 0.3 is 0 Å². The standard InChI is InChI=1S/C16H29N3O2/c1-4-13(5-2)19-15(20)10-14(16(19)21)17-11-12(3)18-8-6-7-9-18/h12-14,17H,4-11H2,1-3H3. The summed E-state index contributed by atoms with van der Waals surface area (Å²) in [6.45, 7) is 9.34. The number of carbonyl (C=O) groups is 2. The Bertz CT molecular complexity index is 376. The Morgan fingerprint density at radius 1 is 1.19 bits per heavy atom. The van der Waals surface area contributed by atoms with Crippen LogP contribution in [0.25, 0.3) is 0 Å². The number of nitrogens with zero attached hydrogens (tertiary/aromatic N) is 2. The van der Waals surface area contributed by atoms with Gasteiger partial charge in [-0.1, -0.05) is 13.8 Å². The fourth-order valence-corrected chi connectivity index (χ4v) is 3.47. The lowest BCUT2D eigenvalue weighted by Gasteiger charge is -2.26.